The van der Waals surface area contributed by atoms with Crippen molar-refractivity contribution in [2.24, 2.45) is 5.41 Å². The number of amides is 1. The number of aliphatic carboxylic acids is 1. The highest BCUT2D eigenvalue weighted by molar-refractivity contribution is 5.85. The lowest BCUT2D eigenvalue weighted by Gasteiger charge is -2.36. The maximum atomic E-state index is 12.0. The number of ether oxygens (including phenoxy) is 1. The maximum absolute atomic E-state index is 12.0. The Hall–Kier alpha value is -2.04. The summed E-state index contributed by atoms with van der Waals surface area (Å²) in [5.41, 5.74) is 1.16. The molecule has 0 bridgehead atoms. The van der Waals surface area contributed by atoms with Crippen LogP contribution in [-0.4, -0.2) is 24.1 Å². The highest BCUT2D eigenvalue weighted by atomic mass is 16.5. The van der Waals surface area contributed by atoms with Gasteiger partial charge in [0.2, 0.25) is 5.91 Å². The number of methoxy groups -OCH3 is 1. The zero-order valence-electron chi connectivity index (χ0n) is 12.4. The summed E-state index contributed by atoms with van der Waals surface area (Å²) in [5, 5.41) is 12.0. The second-order valence-electron chi connectivity index (χ2n) is 5.75. The van der Waals surface area contributed by atoms with Crippen molar-refractivity contribution in [2.75, 3.05) is 7.11 Å². The van der Waals surface area contributed by atoms with Crippen LogP contribution in [0.4, 0.5) is 0 Å². The third-order valence-electron chi connectivity index (χ3n) is 4.10. The summed E-state index contributed by atoms with van der Waals surface area (Å²) in [5.74, 6) is -0.320. The minimum Gasteiger partial charge on any atom is -0.497 e. The molecule has 1 amide bonds. The molecule has 1 fully saturated rings. The Labute approximate surface area is 124 Å². The van der Waals surface area contributed by atoms with Gasteiger partial charge in [0.25, 0.3) is 0 Å². The molecule has 1 aliphatic carbocycles. The van der Waals surface area contributed by atoms with Crippen LogP contribution in [-0.2, 0) is 16.1 Å². The standard InChI is InChI=1S/C16H21NO4/c1-11-6-12(8-13(7-11)21-2)10-17-14(18)9-16(15(19)20)4-3-5-16/h6-8H,3-5,9-10H2,1-2H3,(H,17,18)(H,19,20). The first-order chi connectivity index (χ1) is 9.95. The topological polar surface area (TPSA) is 75.6 Å². The normalized spacial score (nSPS) is 15.9. The van der Waals surface area contributed by atoms with E-state index in [0.717, 1.165) is 23.3 Å². The predicted molar refractivity (Wildman–Crippen MR) is 78.1 cm³/mol. The van der Waals surface area contributed by atoms with Crippen LogP contribution in [0.2, 0.25) is 0 Å². The van der Waals surface area contributed by atoms with Crippen molar-refractivity contribution < 1.29 is 19.4 Å². The van der Waals surface area contributed by atoms with Gasteiger partial charge in [-0.2, -0.15) is 0 Å². The van der Waals surface area contributed by atoms with Gasteiger partial charge in [0.05, 0.1) is 12.5 Å². The first-order valence-electron chi connectivity index (χ1n) is 7.10. The molecule has 0 atom stereocenters. The number of nitrogens with one attached hydrogen (secondary N) is 1. The molecular formula is C16H21NO4. The number of aryl methyl sites for hydroxylation is 1. The minimum absolute atomic E-state index is 0.0608. The van der Waals surface area contributed by atoms with Gasteiger partial charge in [-0.3, -0.25) is 9.59 Å². The van der Waals surface area contributed by atoms with Crippen molar-refractivity contribution in [1.82, 2.24) is 5.32 Å². The molecule has 5 nitrogen and oxygen atoms in total. The van der Waals surface area contributed by atoms with Crippen molar-refractivity contribution in [2.45, 2.75) is 39.2 Å². The Morgan fingerprint density at radius 3 is 2.57 bits per heavy atom. The summed E-state index contributed by atoms with van der Waals surface area (Å²) >= 11 is 0. The van der Waals surface area contributed by atoms with Crippen molar-refractivity contribution in [1.29, 1.82) is 0 Å². The predicted octanol–water partition coefficient (Wildman–Crippen LogP) is 2.26. The fraction of sp³-hybridized carbons (Fsp3) is 0.500. The average Bonchev–Trinajstić information content (AvgIpc) is 2.39. The molecule has 0 radical (unpaired) electrons. The van der Waals surface area contributed by atoms with E-state index in [1.54, 1.807) is 7.11 Å². The fourth-order valence-electron chi connectivity index (χ4n) is 2.68. The van der Waals surface area contributed by atoms with Gasteiger partial charge in [0.1, 0.15) is 5.75 Å². The number of hydrogen-bond acceptors (Lipinski definition) is 3. The molecule has 2 rings (SSSR count). The molecular weight excluding hydrogens is 270 g/mol. The van der Waals surface area contributed by atoms with E-state index in [1.807, 2.05) is 25.1 Å². The van der Waals surface area contributed by atoms with Crippen LogP contribution in [0.5, 0.6) is 5.75 Å². The summed E-state index contributed by atoms with van der Waals surface area (Å²) in [4.78, 5) is 23.2. The first kappa shape index (κ1) is 15.4. The highest BCUT2D eigenvalue weighted by Gasteiger charge is 2.45. The molecule has 0 unspecified atom stereocenters. The Balaban J connectivity index is 1.92. The molecule has 0 heterocycles. The van der Waals surface area contributed by atoms with Gasteiger partial charge in [-0.05, 0) is 43.0 Å². The number of rotatable bonds is 6. The number of benzene rings is 1. The lowest BCUT2D eigenvalue weighted by Crippen LogP contribution is -2.42. The van der Waals surface area contributed by atoms with E-state index in [9.17, 15) is 14.7 Å². The van der Waals surface area contributed by atoms with Gasteiger partial charge in [-0.1, -0.05) is 12.5 Å². The number of hydrogen-bond donors (Lipinski definition) is 2. The second-order valence-corrected chi connectivity index (χ2v) is 5.75. The van der Waals surface area contributed by atoms with Crippen molar-refractivity contribution in [3.63, 3.8) is 0 Å². The molecule has 0 saturated heterocycles. The zero-order valence-corrected chi connectivity index (χ0v) is 12.4. The summed E-state index contributed by atoms with van der Waals surface area (Å²) in [6.07, 6.45) is 2.13. The van der Waals surface area contributed by atoms with Crippen LogP contribution in [0.25, 0.3) is 0 Å². The van der Waals surface area contributed by atoms with Crippen molar-refractivity contribution in [3.8, 4) is 5.75 Å². The molecule has 1 aliphatic rings. The summed E-state index contributed by atoms with van der Waals surface area (Å²) in [6.45, 7) is 2.34. The van der Waals surface area contributed by atoms with Crippen molar-refractivity contribution in [3.05, 3.63) is 29.3 Å². The van der Waals surface area contributed by atoms with E-state index in [1.165, 1.54) is 0 Å². The number of carbonyl (C=O) groups excluding carboxylic acids is 1. The Kier molecular flexibility index (Phi) is 4.50. The van der Waals surface area contributed by atoms with Crippen molar-refractivity contribution >= 4 is 11.9 Å². The van der Waals surface area contributed by atoms with E-state index >= 15 is 0 Å². The number of carboxylic acid groups (broad SMARTS) is 1. The molecule has 114 valence electrons. The highest BCUT2D eigenvalue weighted by Crippen LogP contribution is 2.44. The van der Waals surface area contributed by atoms with Gasteiger partial charge < -0.3 is 15.2 Å². The smallest absolute Gasteiger partial charge is 0.310 e. The monoisotopic (exact) mass is 291 g/mol. The zero-order chi connectivity index (χ0) is 15.5. The fourth-order valence-corrected chi connectivity index (χ4v) is 2.68. The molecule has 1 saturated carbocycles. The minimum atomic E-state index is -0.860. The lowest BCUT2D eigenvalue weighted by molar-refractivity contribution is -0.157. The van der Waals surface area contributed by atoms with Crippen LogP contribution in [0.1, 0.15) is 36.8 Å². The quantitative estimate of drug-likeness (QED) is 0.843. The number of carbonyl (C=O) groups is 2. The van der Waals surface area contributed by atoms with Gasteiger partial charge in [-0.25, -0.2) is 0 Å². The Bertz CT molecular complexity index is 549. The SMILES string of the molecule is COc1cc(C)cc(CNC(=O)CC2(C(=O)O)CCC2)c1. The van der Waals surface area contributed by atoms with E-state index in [0.29, 0.717) is 19.4 Å². The number of carboxylic acids is 1. The third-order valence-corrected chi connectivity index (χ3v) is 4.10. The van der Waals surface area contributed by atoms with Crippen LogP contribution in [0.3, 0.4) is 0 Å². The van der Waals surface area contributed by atoms with Crippen LogP contribution < -0.4 is 10.1 Å². The first-order valence-corrected chi connectivity index (χ1v) is 7.10. The molecule has 5 heteroatoms. The van der Waals surface area contributed by atoms with E-state index in [-0.39, 0.29) is 12.3 Å². The van der Waals surface area contributed by atoms with Crippen LogP contribution >= 0.6 is 0 Å². The Morgan fingerprint density at radius 2 is 2.05 bits per heavy atom. The van der Waals surface area contributed by atoms with E-state index in [4.69, 9.17) is 4.74 Å². The molecule has 1 aromatic rings. The summed E-state index contributed by atoms with van der Waals surface area (Å²) in [6, 6.07) is 5.75. The van der Waals surface area contributed by atoms with Gasteiger partial charge in [0.15, 0.2) is 0 Å². The molecule has 21 heavy (non-hydrogen) atoms. The molecule has 0 spiro atoms. The molecule has 1 aromatic carbocycles. The van der Waals surface area contributed by atoms with Crippen LogP contribution in [0.15, 0.2) is 18.2 Å². The molecule has 0 aliphatic heterocycles. The third kappa shape index (κ3) is 3.54. The second kappa shape index (κ2) is 6.16. The maximum Gasteiger partial charge on any atom is 0.310 e. The van der Waals surface area contributed by atoms with E-state index < -0.39 is 11.4 Å². The molecule has 2 N–H and O–H groups in total. The average molecular weight is 291 g/mol. The summed E-state index contributed by atoms with van der Waals surface area (Å²) in [7, 11) is 1.60. The lowest BCUT2D eigenvalue weighted by atomic mass is 9.66. The van der Waals surface area contributed by atoms with Gasteiger partial charge in [-0.15, -0.1) is 0 Å². The Morgan fingerprint density at radius 1 is 1.33 bits per heavy atom. The molecule has 0 aromatic heterocycles. The largest absolute Gasteiger partial charge is 0.497 e. The van der Waals surface area contributed by atoms with E-state index in [2.05, 4.69) is 5.32 Å². The van der Waals surface area contributed by atoms with Gasteiger partial charge in [0, 0.05) is 13.0 Å². The summed E-state index contributed by atoms with van der Waals surface area (Å²) < 4.78 is 5.19. The van der Waals surface area contributed by atoms with Crippen LogP contribution in [0, 0.1) is 12.3 Å². The van der Waals surface area contributed by atoms with Gasteiger partial charge >= 0.3 is 5.97 Å².